The number of rotatable bonds is 2. The van der Waals surface area contributed by atoms with Gasteiger partial charge in [0, 0.05) is 13.2 Å². The summed E-state index contributed by atoms with van der Waals surface area (Å²) in [5.74, 6) is -0.729. The van der Waals surface area contributed by atoms with Crippen LogP contribution < -0.4 is 0 Å². The molecule has 0 aliphatic carbocycles. The van der Waals surface area contributed by atoms with Crippen molar-refractivity contribution in [1.82, 2.24) is 4.90 Å². The minimum atomic E-state index is -0.729. The second-order valence-corrected chi connectivity index (χ2v) is 5.08. The molecule has 0 radical (unpaired) electrons. The van der Waals surface area contributed by atoms with Gasteiger partial charge in [-0.05, 0) is 45.6 Å². The molecular weight excluding hydrogens is 206 g/mol. The first-order chi connectivity index (χ1) is 7.63. The number of hydrogen-bond acceptors (Lipinski definition) is 3. The Morgan fingerprint density at radius 3 is 2.75 bits per heavy atom. The number of carbonyl (C=O) groups is 1. The third kappa shape index (κ3) is 2.38. The van der Waals surface area contributed by atoms with Gasteiger partial charge in [-0.25, -0.2) is 0 Å². The van der Waals surface area contributed by atoms with Crippen molar-refractivity contribution >= 4 is 5.97 Å². The van der Waals surface area contributed by atoms with E-state index in [1.54, 1.807) is 6.92 Å². The molecule has 2 atom stereocenters. The van der Waals surface area contributed by atoms with Crippen LogP contribution in [0.25, 0.3) is 0 Å². The number of carboxylic acid groups (broad SMARTS) is 1. The van der Waals surface area contributed by atoms with Crippen LogP contribution in [-0.4, -0.2) is 47.3 Å². The summed E-state index contributed by atoms with van der Waals surface area (Å²) in [6.45, 7) is 4.29. The molecule has 4 heteroatoms. The summed E-state index contributed by atoms with van der Waals surface area (Å²) in [6.07, 6.45) is 5.61. The Morgan fingerprint density at radius 2 is 2.12 bits per heavy atom. The molecule has 2 aliphatic heterocycles. The van der Waals surface area contributed by atoms with Gasteiger partial charge in [-0.15, -0.1) is 0 Å². The van der Waals surface area contributed by atoms with Crippen LogP contribution in [0.4, 0.5) is 0 Å². The normalized spacial score (nSPS) is 33.8. The molecule has 4 nitrogen and oxygen atoms in total. The zero-order valence-electron chi connectivity index (χ0n) is 9.95. The Labute approximate surface area is 96.6 Å². The van der Waals surface area contributed by atoms with Crippen molar-refractivity contribution in [2.24, 2.45) is 0 Å². The van der Waals surface area contributed by atoms with Crippen LogP contribution in [0, 0.1) is 0 Å². The second kappa shape index (κ2) is 4.72. The maximum atomic E-state index is 11.0. The lowest BCUT2D eigenvalue weighted by atomic mass is 9.85. The van der Waals surface area contributed by atoms with Crippen LogP contribution in [0.2, 0.25) is 0 Å². The first-order valence-electron chi connectivity index (χ1n) is 6.24. The van der Waals surface area contributed by atoms with Crippen LogP contribution >= 0.6 is 0 Å². The Balaban J connectivity index is 2.00. The zero-order chi connectivity index (χ0) is 11.6. The number of carboxylic acids is 1. The fraction of sp³-hybridized carbons (Fsp3) is 0.917. The van der Waals surface area contributed by atoms with Crippen molar-refractivity contribution < 1.29 is 14.6 Å². The summed E-state index contributed by atoms with van der Waals surface area (Å²) in [6, 6.07) is -0.386. The Morgan fingerprint density at radius 1 is 1.38 bits per heavy atom. The molecule has 0 aromatic rings. The number of aliphatic carboxylic acids is 1. The van der Waals surface area contributed by atoms with Crippen molar-refractivity contribution in [3.05, 3.63) is 0 Å². The first kappa shape index (κ1) is 11.9. The molecule has 1 spiro atoms. The monoisotopic (exact) mass is 227 g/mol. The fourth-order valence-corrected chi connectivity index (χ4v) is 2.85. The molecule has 0 bridgehead atoms. The van der Waals surface area contributed by atoms with Crippen LogP contribution in [0.15, 0.2) is 0 Å². The number of hydrogen-bond donors (Lipinski definition) is 1. The molecule has 0 amide bonds. The van der Waals surface area contributed by atoms with Gasteiger partial charge in [0.05, 0.1) is 5.60 Å². The molecule has 2 aliphatic rings. The van der Waals surface area contributed by atoms with Crippen molar-refractivity contribution in [2.75, 3.05) is 19.7 Å². The van der Waals surface area contributed by atoms with Crippen LogP contribution in [-0.2, 0) is 9.53 Å². The lowest BCUT2D eigenvalue weighted by Gasteiger charge is -2.46. The van der Waals surface area contributed by atoms with Crippen LogP contribution in [0.3, 0.4) is 0 Å². The van der Waals surface area contributed by atoms with Crippen molar-refractivity contribution in [3.63, 3.8) is 0 Å². The second-order valence-electron chi connectivity index (χ2n) is 5.08. The van der Waals surface area contributed by atoms with Gasteiger partial charge in [0.15, 0.2) is 0 Å². The third-order valence-corrected chi connectivity index (χ3v) is 3.91. The standard InChI is InChI=1S/C12H21NO3/c1-10(11(14)15)13-7-4-6-12(9-13)5-2-3-8-16-12/h10H,2-9H2,1H3,(H,14,15)/t10-,12-/m1/s1. The van der Waals surface area contributed by atoms with Gasteiger partial charge in [-0.3, -0.25) is 9.69 Å². The first-order valence-corrected chi connectivity index (χ1v) is 6.24. The van der Waals surface area contributed by atoms with E-state index in [0.717, 1.165) is 45.4 Å². The maximum absolute atomic E-state index is 11.0. The van der Waals surface area contributed by atoms with E-state index < -0.39 is 5.97 Å². The highest BCUT2D eigenvalue weighted by atomic mass is 16.5. The predicted molar refractivity (Wildman–Crippen MR) is 60.4 cm³/mol. The van der Waals surface area contributed by atoms with Crippen molar-refractivity contribution in [3.8, 4) is 0 Å². The van der Waals surface area contributed by atoms with E-state index in [9.17, 15) is 4.79 Å². The molecular formula is C12H21NO3. The van der Waals surface area contributed by atoms with Gasteiger partial charge in [-0.2, -0.15) is 0 Å². The molecule has 2 rings (SSSR count). The van der Waals surface area contributed by atoms with E-state index in [2.05, 4.69) is 4.90 Å². The van der Waals surface area contributed by atoms with Gasteiger partial charge in [0.2, 0.25) is 0 Å². The highest BCUT2D eigenvalue weighted by molar-refractivity contribution is 5.72. The fourth-order valence-electron chi connectivity index (χ4n) is 2.85. The van der Waals surface area contributed by atoms with Crippen molar-refractivity contribution in [1.29, 1.82) is 0 Å². The number of ether oxygens (including phenoxy) is 1. The van der Waals surface area contributed by atoms with Crippen LogP contribution in [0.1, 0.15) is 39.0 Å². The smallest absolute Gasteiger partial charge is 0.320 e. The van der Waals surface area contributed by atoms with Gasteiger partial charge in [0.25, 0.3) is 0 Å². The summed E-state index contributed by atoms with van der Waals surface area (Å²) in [7, 11) is 0. The zero-order valence-corrected chi connectivity index (χ0v) is 9.95. The van der Waals surface area contributed by atoms with E-state index >= 15 is 0 Å². The number of nitrogens with zero attached hydrogens (tertiary/aromatic N) is 1. The van der Waals surface area contributed by atoms with Gasteiger partial charge >= 0.3 is 5.97 Å². The lowest BCUT2D eigenvalue weighted by molar-refractivity contribution is -0.151. The Bertz CT molecular complexity index is 255. The quantitative estimate of drug-likeness (QED) is 0.776. The third-order valence-electron chi connectivity index (χ3n) is 3.91. The highest BCUT2D eigenvalue weighted by Gasteiger charge is 2.39. The predicted octanol–water partition coefficient (Wildman–Crippen LogP) is 1.49. The molecule has 2 saturated heterocycles. The Hall–Kier alpha value is -0.610. The molecule has 2 fully saturated rings. The number of likely N-dealkylation sites (tertiary alicyclic amines) is 1. The molecule has 0 aromatic carbocycles. The summed E-state index contributed by atoms with van der Waals surface area (Å²) in [5, 5.41) is 9.04. The topological polar surface area (TPSA) is 49.8 Å². The highest BCUT2D eigenvalue weighted by Crippen LogP contribution is 2.34. The molecule has 0 aromatic heterocycles. The molecule has 2 heterocycles. The SMILES string of the molecule is C[C@H](C(=O)O)N1CCC[C@]2(CCCCO2)C1. The van der Waals surface area contributed by atoms with Crippen LogP contribution in [0.5, 0.6) is 0 Å². The molecule has 0 saturated carbocycles. The van der Waals surface area contributed by atoms with Gasteiger partial charge in [-0.1, -0.05) is 0 Å². The van der Waals surface area contributed by atoms with Gasteiger partial charge < -0.3 is 9.84 Å². The van der Waals surface area contributed by atoms with Gasteiger partial charge in [0.1, 0.15) is 6.04 Å². The van der Waals surface area contributed by atoms with Crippen molar-refractivity contribution in [2.45, 2.75) is 50.7 Å². The minimum absolute atomic E-state index is 0.0415. The average molecular weight is 227 g/mol. The summed E-state index contributed by atoms with van der Waals surface area (Å²) in [5.41, 5.74) is -0.0415. The molecule has 16 heavy (non-hydrogen) atoms. The molecule has 0 unspecified atom stereocenters. The maximum Gasteiger partial charge on any atom is 0.320 e. The van der Waals surface area contributed by atoms with E-state index in [4.69, 9.17) is 9.84 Å². The molecule has 1 N–H and O–H groups in total. The van der Waals surface area contributed by atoms with E-state index in [1.807, 2.05) is 0 Å². The molecule has 92 valence electrons. The minimum Gasteiger partial charge on any atom is -0.480 e. The largest absolute Gasteiger partial charge is 0.480 e. The summed E-state index contributed by atoms with van der Waals surface area (Å²) >= 11 is 0. The Kier molecular flexibility index (Phi) is 3.50. The average Bonchev–Trinajstić information content (AvgIpc) is 2.29. The summed E-state index contributed by atoms with van der Waals surface area (Å²) in [4.78, 5) is 13.0. The lowest BCUT2D eigenvalue weighted by Crippen LogP contribution is -2.55. The summed E-state index contributed by atoms with van der Waals surface area (Å²) < 4.78 is 5.93. The number of piperidine rings is 1. The van der Waals surface area contributed by atoms with E-state index in [1.165, 1.54) is 6.42 Å². The van der Waals surface area contributed by atoms with E-state index in [0.29, 0.717) is 0 Å². The van der Waals surface area contributed by atoms with E-state index in [-0.39, 0.29) is 11.6 Å².